The largest absolute Gasteiger partial charge is 0.544 e. The van der Waals surface area contributed by atoms with Gasteiger partial charge in [-0.2, -0.15) is 0 Å². The topological polar surface area (TPSA) is 320 Å². The number of likely N-dealkylation sites (N-methyl/N-ethyl adjacent to an activating group) is 5. The Morgan fingerprint density at radius 2 is 0.718 bits per heavy atom. The van der Waals surface area contributed by atoms with Crippen LogP contribution < -0.4 is 5.11 Å². The molecule has 0 saturated heterocycles. The number of hydrogen-bond acceptors (Lipinski definition) is 22. The van der Waals surface area contributed by atoms with Crippen molar-refractivity contribution in [3.8, 4) is 0 Å². The van der Waals surface area contributed by atoms with Gasteiger partial charge in [0, 0.05) is 67.1 Å². The molecule has 0 aromatic carbocycles. The lowest BCUT2D eigenvalue weighted by Gasteiger charge is -2.33. The van der Waals surface area contributed by atoms with E-state index in [4.69, 9.17) is 65.9 Å². The first-order chi connectivity index (χ1) is 35.9. The lowest BCUT2D eigenvalue weighted by Crippen LogP contribution is -2.54. The molecule has 2 atom stereocenters. The summed E-state index contributed by atoms with van der Waals surface area (Å²) in [6.07, 6.45) is 0. The van der Waals surface area contributed by atoms with Crippen molar-refractivity contribution in [2.75, 3.05) is 180 Å². The van der Waals surface area contributed by atoms with Crippen LogP contribution in [0.2, 0.25) is 0 Å². The molecule has 0 bridgehead atoms. The van der Waals surface area contributed by atoms with Gasteiger partial charge in [0.25, 0.3) is 0 Å². The van der Waals surface area contributed by atoms with E-state index in [9.17, 15) is 38.7 Å². The Kier molecular flexibility index (Phi) is 54.4. The summed E-state index contributed by atoms with van der Waals surface area (Å²) in [4.78, 5) is 82.1. The molecule has 2 unspecified atom stereocenters. The number of hydrogen-bond donors (Lipinski definition) is 6. The minimum absolute atomic E-state index is 0.0578. The second kappa shape index (κ2) is 50.3. The molecular weight excluding hydrogens is 1050 g/mol. The van der Waals surface area contributed by atoms with E-state index >= 15 is 0 Å². The number of aliphatic hydroxyl groups excluding tert-OH is 6. The lowest BCUT2D eigenvalue weighted by molar-refractivity contribution is -0.904. The number of ether oxygens (including phenoxy) is 5. The first-order valence-electron chi connectivity index (χ1n) is 24.9. The molecule has 0 amide bonds. The maximum atomic E-state index is 11.9. The van der Waals surface area contributed by atoms with Gasteiger partial charge in [0.2, 0.25) is 5.24 Å². The van der Waals surface area contributed by atoms with Gasteiger partial charge in [-0.05, 0) is 88.1 Å². The van der Waals surface area contributed by atoms with E-state index in [0.29, 0.717) is 100.0 Å². The Morgan fingerprint density at radius 3 is 0.936 bits per heavy atom. The number of allylic oxidation sites excluding steroid dienone is 1. The van der Waals surface area contributed by atoms with Crippen LogP contribution in [0.1, 0.15) is 55.4 Å². The highest BCUT2D eigenvalue weighted by atomic mass is 35.5. The fraction of sp³-hybridized carbons (Fsp3) is 0.679. The SMILES string of the molecule is C=C(C)C(=O)Cl.C=C(C)C(=O)OCCN(C)CCO.C=C(C)C(=O)OCCN(C)CCO.C=C(C)C(=O)OCC[N+](C)(CCO)CC(=O)OC(C)(C)C.C=C(C)C(=O)OCC[N+](C)(CCO)CC(=O)[O-].CN(CCO)CCO. The minimum atomic E-state index is -1.20. The van der Waals surface area contributed by atoms with Crippen LogP contribution in [0, 0.1) is 0 Å². The fourth-order valence-electron chi connectivity index (χ4n) is 4.84. The highest BCUT2D eigenvalue weighted by Crippen LogP contribution is 2.11. The average molecular weight is 1150 g/mol. The van der Waals surface area contributed by atoms with E-state index in [1.807, 2.05) is 42.9 Å². The molecular formula is C53H99ClN5O19+. The molecule has 24 nitrogen and oxygen atoms in total. The summed E-state index contributed by atoms with van der Waals surface area (Å²) >= 11 is 4.87. The highest BCUT2D eigenvalue weighted by Gasteiger charge is 2.29. The molecule has 0 aliphatic rings. The Balaban J connectivity index is -0.000000207. The third-order valence-corrected chi connectivity index (χ3v) is 9.84. The summed E-state index contributed by atoms with van der Waals surface area (Å²) in [5.41, 5.74) is 1.28. The van der Waals surface area contributed by atoms with Gasteiger partial charge in [-0.15, -0.1) is 0 Å². The normalized spacial score (nSPS) is 11.9. The van der Waals surface area contributed by atoms with Crippen LogP contribution in [0.3, 0.4) is 0 Å². The molecule has 0 aliphatic heterocycles. The number of aliphatic carboxylic acids is 1. The van der Waals surface area contributed by atoms with Gasteiger partial charge in [-0.25, -0.2) is 24.0 Å². The van der Waals surface area contributed by atoms with Crippen molar-refractivity contribution in [1.82, 2.24) is 14.7 Å². The predicted molar refractivity (Wildman–Crippen MR) is 296 cm³/mol. The van der Waals surface area contributed by atoms with Crippen LogP contribution in [0.25, 0.3) is 0 Å². The first-order valence-corrected chi connectivity index (χ1v) is 25.2. The molecule has 25 heteroatoms. The standard InChI is InChI=1S/C15H28NO5.C11H19NO5.2C9H17NO3.C5H13NO2.C4H5ClO/c1-12(2)14(19)20-10-8-16(6,7-9-17)11-13(18)21-15(3,4)5;1-9(2)11(16)17-7-5-12(3,4-6-13)8-10(14)15;2*1-8(2)9(12)13-7-5-10(3)4-6-11;1-6(2-4-7)3-5-8;1-3(2)4(5)6/h17H,1,7-11H2,2-6H3;13H,1,4-8H2,2-3H3;2*11H,1,4-7H2,2-3H3;7-8H,2-5H2,1H3;1H2,2H3/q+1;;;;;. The van der Waals surface area contributed by atoms with Crippen LogP contribution >= 0.6 is 11.6 Å². The van der Waals surface area contributed by atoms with Crippen molar-refractivity contribution < 1.29 is 102 Å². The molecule has 0 aromatic heterocycles. The van der Waals surface area contributed by atoms with Crippen LogP contribution in [0.15, 0.2) is 60.8 Å². The number of esters is 5. The third-order valence-electron chi connectivity index (χ3n) is 9.52. The number of carbonyl (C=O) groups excluding carboxylic acids is 7. The van der Waals surface area contributed by atoms with Crippen LogP contribution in [0.4, 0.5) is 0 Å². The van der Waals surface area contributed by atoms with Gasteiger partial charge < -0.3 is 87.9 Å². The summed E-state index contributed by atoms with van der Waals surface area (Å²) in [6, 6.07) is 0. The molecule has 0 fully saturated rings. The zero-order chi connectivity index (χ0) is 62.3. The Bertz CT molecular complexity index is 1740. The van der Waals surface area contributed by atoms with Gasteiger partial charge in [0.1, 0.15) is 64.8 Å². The van der Waals surface area contributed by atoms with E-state index in [1.54, 1.807) is 55.5 Å². The second-order valence-electron chi connectivity index (χ2n) is 19.4. The van der Waals surface area contributed by atoms with Crippen LogP contribution in [-0.2, 0) is 57.2 Å². The number of nitrogens with zero attached hydrogens (tertiary/aromatic N) is 5. The van der Waals surface area contributed by atoms with Crippen LogP contribution in [-0.4, -0.2) is 281 Å². The van der Waals surface area contributed by atoms with Crippen molar-refractivity contribution in [2.24, 2.45) is 0 Å². The van der Waals surface area contributed by atoms with Crippen molar-refractivity contribution in [3.63, 3.8) is 0 Å². The predicted octanol–water partition coefficient (Wildman–Crippen LogP) is -0.529. The third kappa shape index (κ3) is 60.3. The van der Waals surface area contributed by atoms with E-state index in [0.717, 1.165) is 0 Å². The molecule has 0 aromatic rings. The molecule has 456 valence electrons. The number of quaternary nitrogens is 2. The van der Waals surface area contributed by atoms with E-state index in [1.165, 1.54) is 6.92 Å². The molecule has 0 saturated carbocycles. The van der Waals surface area contributed by atoms with Crippen molar-refractivity contribution in [3.05, 3.63) is 60.8 Å². The molecule has 0 rings (SSSR count). The number of rotatable bonds is 33. The maximum Gasteiger partial charge on any atom is 0.362 e. The van der Waals surface area contributed by atoms with E-state index in [-0.39, 0.29) is 99.4 Å². The zero-order valence-electron chi connectivity index (χ0n) is 49.2. The Hall–Kier alpha value is -4.96. The van der Waals surface area contributed by atoms with Gasteiger partial charge in [0.05, 0.1) is 59.7 Å². The second-order valence-corrected chi connectivity index (χ2v) is 19.7. The zero-order valence-corrected chi connectivity index (χ0v) is 50.0. The van der Waals surface area contributed by atoms with Crippen molar-refractivity contribution in [2.45, 2.75) is 61.0 Å². The number of carbonyl (C=O) groups is 7. The number of carboxylic acid groups (broad SMARTS) is 1. The van der Waals surface area contributed by atoms with Crippen molar-refractivity contribution in [1.29, 1.82) is 0 Å². The Labute approximate surface area is 469 Å². The van der Waals surface area contributed by atoms with Gasteiger partial charge in [0.15, 0.2) is 6.54 Å². The minimum Gasteiger partial charge on any atom is -0.544 e. The van der Waals surface area contributed by atoms with Crippen molar-refractivity contribution >= 4 is 52.7 Å². The summed E-state index contributed by atoms with van der Waals surface area (Å²) in [7, 11) is 9.03. The summed E-state index contributed by atoms with van der Waals surface area (Å²) in [6.45, 7) is 36.6. The number of aliphatic hydroxyl groups is 6. The lowest BCUT2D eigenvalue weighted by atomic mass is 10.2. The summed E-state index contributed by atoms with van der Waals surface area (Å²) in [5, 5.41) is 61.9. The van der Waals surface area contributed by atoms with Gasteiger partial charge in [-0.3, -0.25) is 4.79 Å². The average Bonchev–Trinajstić information content (AvgIpc) is 3.29. The fourth-order valence-corrected chi connectivity index (χ4v) is 4.84. The maximum absolute atomic E-state index is 11.9. The van der Waals surface area contributed by atoms with E-state index in [2.05, 4.69) is 32.9 Å². The molecule has 0 spiro atoms. The number of halogens is 1. The van der Waals surface area contributed by atoms with E-state index < -0.39 is 28.8 Å². The summed E-state index contributed by atoms with van der Waals surface area (Å²) in [5.74, 6) is -3.23. The molecule has 0 aliphatic carbocycles. The Morgan fingerprint density at radius 1 is 0.462 bits per heavy atom. The quantitative estimate of drug-likeness (QED) is 0.0158. The number of carboxylic acids is 1. The van der Waals surface area contributed by atoms with Gasteiger partial charge >= 0.3 is 29.8 Å². The first kappa shape index (κ1) is 84.3. The smallest absolute Gasteiger partial charge is 0.362 e. The highest BCUT2D eigenvalue weighted by molar-refractivity contribution is 6.67. The summed E-state index contributed by atoms with van der Waals surface area (Å²) < 4.78 is 25.2. The monoisotopic (exact) mass is 1140 g/mol. The molecule has 6 N–H and O–H groups in total. The van der Waals surface area contributed by atoms with Gasteiger partial charge in [-0.1, -0.05) is 32.9 Å². The van der Waals surface area contributed by atoms with Crippen LogP contribution in [0.5, 0.6) is 0 Å². The molecule has 0 radical (unpaired) electrons. The molecule has 78 heavy (non-hydrogen) atoms. The molecule has 0 heterocycles.